The lowest BCUT2D eigenvalue weighted by Gasteiger charge is -2.33. The largest absolute Gasteiger partial charge is 0.337 e. The predicted molar refractivity (Wildman–Crippen MR) is 97.1 cm³/mol. The van der Waals surface area contributed by atoms with Crippen LogP contribution in [0, 0.1) is 17.0 Å². The van der Waals surface area contributed by atoms with Gasteiger partial charge in [0.1, 0.15) is 0 Å². The number of nitro benzene ring substituents is 1. The number of sulfonamides is 1. The Bertz CT molecular complexity index is 853. The fourth-order valence-electron chi connectivity index (χ4n) is 2.62. The van der Waals surface area contributed by atoms with E-state index in [-0.39, 0.29) is 42.7 Å². The molecule has 0 unspecified atom stereocenters. The van der Waals surface area contributed by atoms with E-state index in [0.717, 1.165) is 6.07 Å². The minimum atomic E-state index is -3.86. The van der Waals surface area contributed by atoms with E-state index < -0.39 is 14.9 Å². The molecule has 8 nitrogen and oxygen atoms in total. The van der Waals surface area contributed by atoms with Gasteiger partial charge >= 0.3 is 0 Å². The molecular weight excluding hydrogens is 358 g/mol. The predicted octanol–water partition coefficient (Wildman–Crippen LogP) is 1.87. The van der Waals surface area contributed by atoms with Crippen molar-refractivity contribution in [2.75, 3.05) is 26.2 Å². The van der Waals surface area contributed by atoms with Crippen LogP contribution >= 0.6 is 0 Å². The van der Waals surface area contributed by atoms with E-state index in [2.05, 4.69) is 0 Å². The number of amides is 1. The minimum absolute atomic E-state index is 0.0699. The van der Waals surface area contributed by atoms with Crippen LogP contribution in [0.2, 0.25) is 0 Å². The molecule has 0 spiro atoms. The standard InChI is InChI=1S/C17H21N3O5S/c1-3-4-5-6-17(21)18-9-11-19(12-10-18)26(24,25)16-13-15(20(22)23)8-7-14(16)2/h3-8,13H,9-12H2,1-2H3/b4-3+,6-5+. The third kappa shape index (κ3) is 4.36. The molecule has 0 radical (unpaired) electrons. The van der Waals surface area contributed by atoms with E-state index in [0.29, 0.717) is 5.56 Å². The van der Waals surface area contributed by atoms with Crippen molar-refractivity contribution in [1.29, 1.82) is 0 Å². The molecule has 1 aliphatic rings. The van der Waals surface area contributed by atoms with Crippen LogP contribution in [0.15, 0.2) is 47.4 Å². The van der Waals surface area contributed by atoms with Crippen molar-refractivity contribution in [2.45, 2.75) is 18.7 Å². The van der Waals surface area contributed by atoms with Gasteiger partial charge in [0.25, 0.3) is 5.69 Å². The van der Waals surface area contributed by atoms with Crippen LogP contribution in [0.5, 0.6) is 0 Å². The van der Waals surface area contributed by atoms with Gasteiger partial charge in [-0.3, -0.25) is 14.9 Å². The molecule has 26 heavy (non-hydrogen) atoms. The van der Waals surface area contributed by atoms with E-state index >= 15 is 0 Å². The van der Waals surface area contributed by atoms with E-state index in [1.165, 1.54) is 22.5 Å². The fourth-order valence-corrected chi connectivity index (χ4v) is 4.29. The second kappa shape index (κ2) is 8.24. The van der Waals surface area contributed by atoms with Crippen LogP contribution in [0.25, 0.3) is 0 Å². The number of piperazine rings is 1. The van der Waals surface area contributed by atoms with Gasteiger partial charge in [-0.25, -0.2) is 8.42 Å². The number of carbonyl (C=O) groups excluding carboxylic acids is 1. The van der Waals surface area contributed by atoms with Gasteiger partial charge in [-0.15, -0.1) is 0 Å². The van der Waals surface area contributed by atoms with Crippen LogP contribution in [-0.4, -0.2) is 54.6 Å². The van der Waals surface area contributed by atoms with E-state index in [1.54, 1.807) is 30.1 Å². The number of rotatable bonds is 5. The second-order valence-corrected chi connectivity index (χ2v) is 7.73. The summed E-state index contributed by atoms with van der Waals surface area (Å²) >= 11 is 0. The number of carbonyl (C=O) groups is 1. The number of hydrogen-bond acceptors (Lipinski definition) is 5. The molecular formula is C17H21N3O5S. The summed E-state index contributed by atoms with van der Waals surface area (Å²) in [7, 11) is -3.86. The zero-order chi connectivity index (χ0) is 19.3. The maximum absolute atomic E-state index is 12.8. The van der Waals surface area contributed by atoms with Gasteiger partial charge < -0.3 is 4.90 Å². The molecule has 140 valence electrons. The van der Waals surface area contributed by atoms with Gasteiger partial charge in [0, 0.05) is 44.4 Å². The molecule has 1 aromatic carbocycles. The highest BCUT2D eigenvalue weighted by molar-refractivity contribution is 7.89. The van der Waals surface area contributed by atoms with E-state index in [9.17, 15) is 23.3 Å². The Kier molecular flexibility index (Phi) is 6.27. The summed E-state index contributed by atoms with van der Waals surface area (Å²) in [6, 6.07) is 3.79. The fraction of sp³-hybridized carbons (Fsp3) is 0.353. The molecule has 1 aromatic rings. The van der Waals surface area contributed by atoms with Gasteiger partial charge in [-0.1, -0.05) is 24.3 Å². The normalized spacial score (nSPS) is 16.5. The van der Waals surface area contributed by atoms with Crippen molar-refractivity contribution in [1.82, 2.24) is 9.21 Å². The first-order valence-corrected chi connectivity index (χ1v) is 9.55. The van der Waals surface area contributed by atoms with Crippen LogP contribution < -0.4 is 0 Å². The number of allylic oxidation sites excluding steroid dienone is 3. The number of aryl methyl sites for hydroxylation is 1. The van der Waals surface area contributed by atoms with Crippen LogP contribution in [0.1, 0.15) is 12.5 Å². The molecule has 1 amide bonds. The number of nitro groups is 1. The summed E-state index contributed by atoms with van der Waals surface area (Å²) < 4.78 is 27.0. The molecule has 1 saturated heterocycles. The summed E-state index contributed by atoms with van der Waals surface area (Å²) in [5.74, 6) is -0.174. The smallest absolute Gasteiger partial charge is 0.270 e. The Balaban J connectivity index is 2.14. The summed E-state index contributed by atoms with van der Waals surface area (Å²) in [5, 5.41) is 10.9. The highest BCUT2D eigenvalue weighted by atomic mass is 32.2. The maximum atomic E-state index is 12.8. The quantitative estimate of drug-likeness (QED) is 0.336. The minimum Gasteiger partial charge on any atom is -0.337 e. The Morgan fingerprint density at radius 3 is 2.42 bits per heavy atom. The Morgan fingerprint density at radius 2 is 1.85 bits per heavy atom. The maximum Gasteiger partial charge on any atom is 0.270 e. The Hall–Kier alpha value is -2.52. The van der Waals surface area contributed by atoms with E-state index in [1.807, 2.05) is 6.92 Å². The highest BCUT2D eigenvalue weighted by Gasteiger charge is 2.31. The summed E-state index contributed by atoms with van der Waals surface area (Å²) in [6.07, 6.45) is 6.62. The lowest BCUT2D eigenvalue weighted by molar-refractivity contribution is -0.385. The first-order chi connectivity index (χ1) is 12.3. The third-order valence-electron chi connectivity index (χ3n) is 4.09. The zero-order valence-corrected chi connectivity index (χ0v) is 15.5. The Morgan fingerprint density at radius 1 is 1.19 bits per heavy atom. The van der Waals surface area contributed by atoms with Crippen molar-refractivity contribution in [3.63, 3.8) is 0 Å². The summed E-state index contributed by atoms with van der Waals surface area (Å²) in [4.78, 5) is 23.9. The first-order valence-electron chi connectivity index (χ1n) is 8.11. The molecule has 2 rings (SSSR count). The molecule has 1 fully saturated rings. The molecule has 1 aliphatic heterocycles. The number of hydrogen-bond donors (Lipinski definition) is 0. The molecule has 0 bridgehead atoms. The molecule has 1 heterocycles. The van der Waals surface area contributed by atoms with Crippen molar-refractivity contribution < 1.29 is 18.1 Å². The second-order valence-electron chi connectivity index (χ2n) is 5.82. The SMILES string of the molecule is C/C=C/C=C/C(=O)N1CCN(S(=O)(=O)c2cc([N+](=O)[O-])ccc2C)CC1. The van der Waals surface area contributed by atoms with E-state index in [4.69, 9.17) is 0 Å². The molecule has 0 N–H and O–H groups in total. The lowest BCUT2D eigenvalue weighted by atomic mass is 10.2. The molecule has 0 aliphatic carbocycles. The number of benzene rings is 1. The van der Waals surface area contributed by atoms with Crippen LogP contribution in [0.3, 0.4) is 0 Å². The molecule has 0 atom stereocenters. The first kappa shape index (κ1) is 19.8. The number of nitrogens with zero attached hydrogens (tertiary/aromatic N) is 3. The monoisotopic (exact) mass is 379 g/mol. The topological polar surface area (TPSA) is 101 Å². The molecule has 0 saturated carbocycles. The lowest BCUT2D eigenvalue weighted by Crippen LogP contribution is -2.50. The van der Waals surface area contributed by atoms with Crippen LogP contribution in [-0.2, 0) is 14.8 Å². The Labute approximate surface area is 152 Å². The summed E-state index contributed by atoms with van der Waals surface area (Å²) in [5.41, 5.74) is 0.181. The third-order valence-corrected chi connectivity index (χ3v) is 6.13. The van der Waals surface area contributed by atoms with Crippen molar-refractivity contribution in [3.05, 3.63) is 58.2 Å². The average Bonchev–Trinajstić information content (AvgIpc) is 2.62. The summed E-state index contributed by atoms with van der Waals surface area (Å²) in [6.45, 7) is 4.27. The van der Waals surface area contributed by atoms with Crippen LogP contribution in [0.4, 0.5) is 5.69 Å². The number of non-ortho nitro benzene ring substituents is 1. The van der Waals surface area contributed by atoms with Gasteiger partial charge in [0.2, 0.25) is 15.9 Å². The van der Waals surface area contributed by atoms with Gasteiger partial charge in [0.05, 0.1) is 9.82 Å². The highest BCUT2D eigenvalue weighted by Crippen LogP contribution is 2.25. The van der Waals surface area contributed by atoms with Crippen molar-refractivity contribution >= 4 is 21.6 Å². The van der Waals surface area contributed by atoms with Crippen molar-refractivity contribution in [3.8, 4) is 0 Å². The average molecular weight is 379 g/mol. The van der Waals surface area contributed by atoms with Gasteiger partial charge in [0.15, 0.2) is 0 Å². The molecule has 9 heteroatoms. The van der Waals surface area contributed by atoms with Gasteiger partial charge in [-0.05, 0) is 19.4 Å². The van der Waals surface area contributed by atoms with Crippen molar-refractivity contribution in [2.24, 2.45) is 0 Å². The van der Waals surface area contributed by atoms with Gasteiger partial charge in [-0.2, -0.15) is 4.31 Å². The molecule has 0 aromatic heterocycles. The zero-order valence-electron chi connectivity index (χ0n) is 14.7.